The molecule has 0 heterocycles. The molecule has 0 atom stereocenters. The fraction of sp³-hybridized carbons (Fsp3) is 0.333. The fourth-order valence-electron chi connectivity index (χ4n) is 2.92. The SMILES string of the molecule is CCc1ccc(NC(=O)C2(C(=O)Nc3ccc(OC)c(OC)c3)CC2)cc1. The molecule has 6 nitrogen and oxygen atoms in total. The molecule has 0 aromatic heterocycles. The van der Waals surface area contributed by atoms with Crippen molar-refractivity contribution < 1.29 is 19.1 Å². The van der Waals surface area contributed by atoms with E-state index in [1.165, 1.54) is 12.7 Å². The Morgan fingerprint density at radius 2 is 1.44 bits per heavy atom. The number of aryl methyl sites for hydroxylation is 1. The largest absolute Gasteiger partial charge is 0.493 e. The number of benzene rings is 2. The Morgan fingerprint density at radius 1 is 0.889 bits per heavy atom. The van der Waals surface area contributed by atoms with Gasteiger partial charge in [0.25, 0.3) is 0 Å². The number of hydrogen-bond donors (Lipinski definition) is 2. The number of carbonyl (C=O) groups is 2. The summed E-state index contributed by atoms with van der Waals surface area (Å²) in [4.78, 5) is 25.4. The van der Waals surface area contributed by atoms with E-state index in [0.717, 1.165) is 6.42 Å². The summed E-state index contributed by atoms with van der Waals surface area (Å²) in [7, 11) is 3.08. The van der Waals surface area contributed by atoms with Crippen molar-refractivity contribution in [2.45, 2.75) is 26.2 Å². The van der Waals surface area contributed by atoms with Gasteiger partial charge in [0, 0.05) is 17.4 Å². The van der Waals surface area contributed by atoms with Gasteiger partial charge in [-0.25, -0.2) is 0 Å². The maximum Gasteiger partial charge on any atom is 0.240 e. The van der Waals surface area contributed by atoms with Crippen molar-refractivity contribution in [2.75, 3.05) is 24.9 Å². The van der Waals surface area contributed by atoms with E-state index in [9.17, 15) is 9.59 Å². The number of rotatable bonds is 7. The number of methoxy groups -OCH3 is 2. The monoisotopic (exact) mass is 368 g/mol. The molecule has 2 aromatic carbocycles. The third-order valence-corrected chi connectivity index (χ3v) is 4.88. The molecule has 142 valence electrons. The molecule has 0 radical (unpaired) electrons. The molecule has 0 aliphatic heterocycles. The molecule has 0 spiro atoms. The third kappa shape index (κ3) is 3.89. The van der Waals surface area contributed by atoms with Crippen molar-refractivity contribution in [3.05, 3.63) is 48.0 Å². The van der Waals surface area contributed by atoms with Crippen molar-refractivity contribution >= 4 is 23.2 Å². The van der Waals surface area contributed by atoms with Crippen LogP contribution in [0.15, 0.2) is 42.5 Å². The van der Waals surface area contributed by atoms with Crippen molar-refractivity contribution in [1.29, 1.82) is 0 Å². The predicted octanol–water partition coefficient (Wildman–Crippen LogP) is 3.62. The molecule has 3 rings (SSSR count). The molecule has 2 amide bonds. The molecule has 6 heteroatoms. The highest BCUT2D eigenvalue weighted by Gasteiger charge is 2.56. The van der Waals surface area contributed by atoms with E-state index in [1.807, 2.05) is 24.3 Å². The minimum absolute atomic E-state index is 0.273. The predicted molar refractivity (Wildman–Crippen MR) is 104 cm³/mol. The summed E-state index contributed by atoms with van der Waals surface area (Å²) in [5.41, 5.74) is 1.43. The number of amides is 2. The quantitative estimate of drug-likeness (QED) is 0.732. The Labute approximate surface area is 158 Å². The van der Waals surface area contributed by atoms with Gasteiger partial charge in [0.1, 0.15) is 5.41 Å². The van der Waals surface area contributed by atoms with Gasteiger partial charge in [0.05, 0.1) is 14.2 Å². The molecule has 0 saturated heterocycles. The smallest absolute Gasteiger partial charge is 0.240 e. The lowest BCUT2D eigenvalue weighted by Gasteiger charge is -2.16. The molecule has 1 fully saturated rings. The summed E-state index contributed by atoms with van der Waals surface area (Å²) >= 11 is 0. The van der Waals surface area contributed by atoms with E-state index >= 15 is 0 Å². The van der Waals surface area contributed by atoms with E-state index < -0.39 is 5.41 Å². The molecule has 1 saturated carbocycles. The van der Waals surface area contributed by atoms with Gasteiger partial charge < -0.3 is 20.1 Å². The van der Waals surface area contributed by atoms with Crippen LogP contribution >= 0.6 is 0 Å². The number of hydrogen-bond acceptors (Lipinski definition) is 4. The highest BCUT2D eigenvalue weighted by atomic mass is 16.5. The van der Waals surface area contributed by atoms with Crippen molar-refractivity contribution in [3.63, 3.8) is 0 Å². The van der Waals surface area contributed by atoms with Crippen LogP contribution in [-0.2, 0) is 16.0 Å². The lowest BCUT2D eigenvalue weighted by atomic mass is 10.0. The van der Waals surface area contributed by atoms with Crippen molar-refractivity contribution in [3.8, 4) is 11.5 Å². The zero-order valence-corrected chi connectivity index (χ0v) is 15.8. The van der Waals surface area contributed by atoms with E-state index in [4.69, 9.17) is 9.47 Å². The van der Waals surface area contributed by atoms with Gasteiger partial charge in [-0.05, 0) is 49.1 Å². The Morgan fingerprint density at radius 3 is 1.96 bits per heavy atom. The highest BCUT2D eigenvalue weighted by molar-refractivity contribution is 6.16. The first-order valence-electron chi connectivity index (χ1n) is 8.96. The molecule has 2 aromatic rings. The molecule has 1 aliphatic carbocycles. The van der Waals surface area contributed by atoms with Gasteiger partial charge in [-0.15, -0.1) is 0 Å². The molecule has 1 aliphatic rings. The second-order valence-corrected chi connectivity index (χ2v) is 6.61. The first-order chi connectivity index (χ1) is 13.0. The minimum atomic E-state index is -1.02. The van der Waals surface area contributed by atoms with Crippen LogP contribution in [0.5, 0.6) is 11.5 Å². The van der Waals surface area contributed by atoms with Gasteiger partial charge in [-0.3, -0.25) is 9.59 Å². The summed E-state index contributed by atoms with van der Waals surface area (Å²) in [6.07, 6.45) is 2.00. The molecule has 27 heavy (non-hydrogen) atoms. The maximum atomic E-state index is 12.7. The number of anilines is 2. The minimum Gasteiger partial charge on any atom is -0.493 e. The summed E-state index contributed by atoms with van der Waals surface area (Å²) < 4.78 is 10.4. The zero-order chi connectivity index (χ0) is 19.4. The summed E-state index contributed by atoms with van der Waals surface area (Å²) in [6, 6.07) is 12.8. The van der Waals surface area contributed by atoms with E-state index in [0.29, 0.717) is 35.7 Å². The number of ether oxygens (including phenoxy) is 2. The van der Waals surface area contributed by atoms with Gasteiger partial charge in [0.15, 0.2) is 11.5 Å². The van der Waals surface area contributed by atoms with Crippen LogP contribution in [0.4, 0.5) is 11.4 Å². The van der Waals surface area contributed by atoms with Crippen LogP contribution in [-0.4, -0.2) is 26.0 Å². The standard InChI is InChI=1S/C21H24N2O4/c1-4-14-5-7-15(8-6-14)22-19(24)21(11-12-21)20(25)23-16-9-10-17(26-2)18(13-16)27-3/h5-10,13H,4,11-12H2,1-3H3,(H,22,24)(H,23,25). The highest BCUT2D eigenvalue weighted by Crippen LogP contribution is 2.47. The van der Waals surface area contributed by atoms with Crippen molar-refractivity contribution in [1.82, 2.24) is 0 Å². The van der Waals surface area contributed by atoms with Crippen LogP contribution in [0.1, 0.15) is 25.3 Å². The van der Waals surface area contributed by atoms with Crippen molar-refractivity contribution in [2.24, 2.45) is 5.41 Å². The molecule has 2 N–H and O–H groups in total. The van der Waals surface area contributed by atoms with Gasteiger partial charge in [-0.2, -0.15) is 0 Å². The normalized spacial score (nSPS) is 14.2. The van der Waals surface area contributed by atoms with Crippen LogP contribution in [0.3, 0.4) is 0 Å². The molecule has 0 bridgehead atoms. The van der Waals surface area contributed by atoms with Crippen LogP contribution in [0, 0.1) is 5.41 Å². The lowest BCUT2D eigenvalue weighted by Crippen LogP contribution is -2.35. The Bertz CT molecular complexity index is 842. The topological polar surface area (TPSA) is 76.7 Å². The fourth-order valence-corrected chi connectivity index (χ4v) is 2.92. The van der Waals surface area contributed by atoms with E-state index in [2.05, 4.69) is 17.6 Å². The first-order valence-corrected chi connectivity index (χ1v) is 8.96. The molecule has 0 unspecified atom stereocenters. The average molecular weight is 368 g/mol. The third-order valence-electron chi connectivity index (χ3n) is 4.88. The second kappa shape index (κ2) is 7.70. The van der Waals surface area contributed by atoms with Crippen LogP contribution in [0.2, 0.25) is 0 Å². The summed E-state index contributed by atoms with van der Waals surface area (Å²) in [5, 5.41) is 5.68. The summed E-state index contributed by atoms with van der Waals surface area (Å²) in [5.74, 6) is 0.507. The number of carbonyl (C=O) groups excluding carboxylic acids is 2. The number of nitrogens with one attached hydrogen (secondary N) is 2. The molecular formula is C21H24N2O4. The van der Waals surface area contributed by atoms with E-state index in [1.54, 1.807) is 25.3 Å². The Balaban J connectivity index is 1.69. The second-order valence-electron chi connectivity index (χ2n) is 6.61. The van der Waals surface area contributed by atoms with Gasteiger partial charge in [-0.1, -0.05) is 19.1 Å². The Hall–Kier alpha value is -3.02. The average Bonchev–Trinajstić information content (AvgIpc) is 3.50. The van der Waals surface area contributed by atoms with Gasteiger partial charge in [0.2, 0.25) is 11.8 Å². The van der Waals surface area contributed by atoms with E-state index in [-0.39, 0.29) is 11.8 Å². The van der Waals surface area contributed by atoms with Gasteiger partial charge >= 0.3 is 0 Å². The maximum absolute atomic E-state index is 12.7. The van der Waals surface area contributed by atoms with Crippen LogP contribution < -0.4 is 20.1 Å². The molecular weight excluding hydrogens is 344 g/mol. The lowest BCUT2D eigenvalue weighted by molar-refractivity contribution is -0.131. The Kier molecular flexibility index (Phi) is 5.35. The van der Waals surface area contributed by atoms with Crippen LogP contribution in [0.25, 0.3) is 0 Å². The zero-order valence-electron chi connectivity index (χ0n) is 15.8. The summed E-state index contributed by atoms with van der Waals surface area (Å²) in [6.45, 7) is 2.07. The first kappa shape index (κ1) is 18.8.